The van der Waals surface area contributed by atoms with Crippen LogP contribution in [0.4, 0.5) is 13.6 Å². The second kappa shape index (κ2) is 7.22. The molecule has 1 saturated heterocycles. The third-order valence-corrected chi connectivity index (χ3v) is 6.31. The smallest absolute Gasteiger partial charge is 0.323 e. The molecular formula is C23H20F2N4O3. The molecule has 3 aromatic rings. The number of aromatic nitrogens is 2. The van der Waals surface area contributed by atoms with Crippen molar-refractivity contribution in [2.45, 2.75) is 37.1 Å². The van der Waals surface area contributed by atoms with Crippen LogP contribution in [0, 0.1) is 0 Å². The molecule has 3 heterocycles. The van der Waals surface area contributed by atoms with Crippen LogP contribution in [0.2, 0.25) is 0 Å². The number of imidazole rings is 1. The highest BCUT2D eigenvalue weighted by molar-refractivity contribution is 6.11. The number of amides is 3. The number of ketones is 1. The lowest BCUT2D eigenvalue weighted by Gasteiger charge is -2.34. The Labute approximate surface area is 182 Å². The normalized spacial score (nSPS) is 19.5. The number of benzene rings is 1. The van der Waals surface area contributed by atoms with Crippen LogP contribution in [0.1, 0.15) is 36.0 Å². The van der Waals surface area contributed by atoms with Crippen LogP contribution >= 0.6 is 0 Å². The third-order valence-electron chi connectivity index (χ3n) is 6.31. The zero-order valence-electron chi connectivity index (χ0n) is 17.1. The van der Waals surface area contributed by atoms with E-state index in [0.717, 1.165) is 21.8 Å². The maximum absolute atomic E-state index is 13.5. The van der Waals surface area contributed by atoms with Crippen molar-refractivity contribution in [2.24, 2.45) is 0 Å². The summed E-state index contributed by atoms with van der Waals surface area (Å²) in [6.45, 7) is -0.431. The Morgan fingerprint density at radius 2 is 1.75 bits per heavy atom. The molecule has 1 aliphatic carbocycles. The second-order valence-electron chi connectivity index (χ2n) is 8.33. The number of urea groups is 1. The molecular weight excluding hydrogens is 418 g/mol. The number of carbonyl (C=O) groups is 3. The average Bonchev–Trinajstić information content (AvgIpc) is 3.35. The molecule has 164 valence electrons. The van der Waals surface area contributed by atoms with E-state index in [1.54, 1.807) is 30.5 Å². The highest BCUT2D eigenvalue weighted by Crippen LogP contribution is 2.41. The van der Waals surface area contributed by atoms with Gasteiger partial charge in [-0.15, -0.1) is 0 Å². The van der Waals surface area contributed by atoms with Crippen LogP contribution in [0.5, 0.6) is 0 Å². The van der Waals surface area contributed by atoms with Crippen molar-refractivity contribution >= 4 is 23.4 Å². The van der Waals surface area contributed by atoms with Crippen LogP contribution in [-0.4, -0.2) is 50.0 Å². The SMILES string of the molecule is O=C(CN1C(=O)NC2(CCC(F)(F)CC2)C1=O)c1ccc(-c2cccc3nccn23)cc1. The van der Waals surface area contributed by atoms with Gasteiger partial charge in [0.25, 0.3) is 5.91 Å². The molecule has 1 spiro atoms. The van der Waals surface area contributed by atoms with Crippen molar-refractivity contribution in [1.29, 1.82) is 0 Å². The van der Waals surface area contributed by atoms with E-state index in [-0.39, 0.29) is 12.8 Å². The lowest BCUT2D eigenvalue weighted by Crippen LogP contribution is -2.51. The van der Waals surface area contributed by atoms with E-state index in [1.807, 2.05) is 28.8 Å². The number of alkyl halides is 2. The standard InChI is InChI=1S/C23H20F2N4O3/c24-23(25)10-8-22(9-11-23)20(31)29(21(32)27-22)14-18(30)16-6-4-15(5-7-16)17-2-1-3-19-26-12-13-28(17)19/h1-7,12-13H,8-11,14H2,(H,27,32). The molecule has 2 fully saturated rings. The van der Waals surface area contributed by atoms with Gasteiger partial charge in [0.05, 0.1) is 12.2 Å². The number of nitrogens with zero attached hydrogens (tertiary/aromatic N) is 3. The van der Waals surface area contributed by atoms with Crippen molar-refractivity contribution in [3.05, 3.63) is 60.4 Å². The fourth-order valence-electron chi connectivity index (χ4n) is 4.45. The number of hydrogen-bond acceptors (Lipinski definition) is 4. The highest BCUT2D eigenvalue weighted by atomic mass is 19.3. The predicted octanol–water partition coefficient (Wildman–Crippen LogP) is 3.68. The lowest BCUT2D eigenvalue weighted by molar-refractivity contribution is -0.135. The Morgan fingerprint density at radius 1 is 1.03 bits per heavy atom. The molecule has 1 aliphatic heterocycles. The Morgan fingerprint density at radius 3 is 2.47 bits per heavy atom. The van der Waals surface area contributed by atoms with E-state index < -0.39 is 48.6 Å². The van der Waals surface area contributed by atoms with Gasteiger partial charge in [0.2, 0.25) is 5.92 Å². The van der Waals surface area contributed by atoms with Crippen LogP contribution in [0.3, 0.4) is 0 Å². The highest BCUT2D eigenvalue weighted by Gasteiger charge is 2.55. The van der Waals surface area contributed by atoms with Gasteiger partial charge in [0.15, 0.2) is 5.78 Å². The number of carbonyl (C=O) groups excluding carboxylic acids is 3. The molecule has 0 bridgehead atoms. The fourth-order valence-corrected chi connectivity index (χ4v) is 4.45. The summed E-state index contributed by atoms with van der Waals surface area (Å²) in [5, 5.41) is 2.55. The van der Waals surface area contributed by atoms with Gasteiger partial charge in [-0.25, -0.2) is 18.6 Å². The maximum Gasteiger partial charge on any atom is 0.325 e. The van der Waals surface area contributed by atoms with Crippen molar-refractivity contribution in [3.63, 3.8) is 0 Å². The van der Waals surface area contributed by atoms with Gasteiger partial charge in [0.1, 0.15) is 11.2 Å². The second-order valence-corrected chi connectivity index (χ2v) is 8.33. The van der Waals surface area contributed by atoms with E-state index in [1.165, 1.54) is 0 Å². The van der Waals surface area contributed by atoms with Gasteiger partial charge in [-0.1, -0.05) is 30.3 Å². The van der Waals surface area contributed by atoms with Gasteiger partial charge in [-0.3, -0.25) is 18.9 Å². The summed E-state index contributed by atoms with van der Waals surface area (Å²) in [6.07, 6.45) is 2.35. The largest absolute Gasteiger partial charge is 0.325 e. The number of Topliss-reactive ketones (excluding diaryl/α,β-unsaturated/α-hetero) is 1. The van der Waals surface area contributed by atoms with Crippen LogP contribution in [0.25, 0.3) is 16.9 Å². The summed E-state index contributed by atoms with van der Waals surface area (Å²) in [6, 6.07) is 11.9. The Hall–Kier alpha value is -3.62. The number of rotatable bonds is 4. The van der Waals surface area contributed by atoms with Crippen LogP contribution < -0.4 is 5.32 Å². The van der Waals surface area contributed by atoms with Crippen molar-refractivity contribution < 1.29 is 23.2 Å². The monoisotopic (exact) mass is 438 g/mol. The van der Waals surface area contributed by atoms with Crippen molar-refractivity contribution in [1.82, 2.24) is 19.6 Å². The molecule has 1 N–H and O–H groups in total. The van der Waals surface area contributed by atoms with Gasteiger partial charge in [-0.05, 0) is 30.5 Å². The van der Waals surface area contributed by atoms with Gasteiger partial charge in [0, 0.05) is 30.8 Å². The molecule has 0 radical (unpaired) electrons. The van der Waals surface area contributed by atoms with Crippen LogP contribution in [-0.2, 0) is 4.79 Å². The molecule has 0 unspecified atom stereocenters. The zero-order valence-corrected chi connectivity index (χ0v) is 17.1. The molecule has 0 atom stereocenters. The Kier molecular flexibility index (Phi) is 4.58. The molecule has 1 aromatic carbocycles. The van der Waals surface area contributed by atoms with Crippen LogP contribution in [0.15, 0.2) is 54.9 Å². The van der Waals surface area contributed by atoms with Gasteiger partial charge in [-0.2, -0.15) is 0 Å². The van der Waals surface area contributed by atoms with Gasteiger partial charge >= 0.3 is 6.03 Å². The Balaban J connectivity index is 1.32. The average molecular weight is 438 g/mol. The van der Waals surface area contributed by atoms with E-state index in [2.05, 4.69) is 10.3 Å². The first-order chi connectivity index (χ1) is 15.3. The quantitative estimate of drug-likeness (QED) is 0.498. The first kappa shape index (κ1) is 20.3. The minimum Gasteiger partial charge on any atom is -0.323 e. The zero-order chi connectivity index (χ0) is 22.5. The number of hydrogen-bond donors (Lipinski definition) is 1. The van der Waals surface area contributed by atoms with E-state index in [9.17, 15) is 23.2 Å². The van der Waals surface area contributed by atoms with E-state index in [4.69, 9.17) is 0 Å². The lowest BCUT2D eigenvalue weighted by atomic mass is 9.80. The van der Waals surface area contributed by atoms with Crippen molar-refractivity contribution in [3.8, 4) is 11.3 Å². The topological polar surface area (TPSA) is 83.8 Å². The summed E-state index contributed by atoms with van der Waals surface area (Å²) in [5.41, 5.74) is 1.61. The first-order valence-electron chi connectivity index (χ1n) is 10.4. The minimum atomic E-state index is -2.83. The molecule has 2 aromatic heterocycles. The van der Waals surface area contributed by atoms with Crippen molar-refractivity contribution in [2.75, 3.05) is 6.54 Å². The molecule has 2 aliphatic rings. The Bertz CT molecular complexity index is 1230. The molecule has 32 heavy (non-hydrogen) atoms. The summed E-state index contributed by atoms with van der Waals surface area (Å²) in [5.74, 6) is -3.84. The number of pyridine rings is 1. The number of nitrogens with one attached hydrogen (secondary N) is 1. The number of fused-ring (bicyclic) bond motifs is 1. The van der Waals surface area contributed by atoms with E-state index >= 15 is 0 Å². The van der Waals surface area contributed by atoms with Gasteiger partial charge < -0.3 is 5.32 Å². The molecule has 9 heteroatoms. The maximum atomic E-state index is 13.5. The summed E-state index contributed by atoms with van der Waals surface area (Å²) in [4.78, 5) is 43.1. The summed E-state index contributed by atoms with van der Waals surface area (Å²) < 4.78 is 29.0. The number of halogens is 2. The number of imide groups is 1. The molecule has 3 amide bonds. The van der Waals surface area contributed by atoms with E-state index in [0.29, 0.717) is 5.56 Å². The minimum absolute atomic E-state index is 0.135. The molecule has 1 saturated carbocycles. The third kappa shape index (κ3) is 3.34. The molecule has 5 rings (SSSR count). The summed E-state index contributed by atoms with van der Waals surface area (Å²) >= 11 is 0. The summed E-state index contributed by atoms with van der Waals surface area (Å²) in [7, 11) is 0. The molecule has 7 nitrogen and oxygen atoms in total. The predicted molar refractivity (Wildman–Crippen MR) is 111 cm³/mol. The fraction of sp³-hybridized carbons (Fsp3) is 0.304. The first-order valence-corrected chi connectivity index (χ1v) is 10.4.